The number of aromatic nitrogens is 1. The van der Waals surface area contributed by atoms with E-state index in [0.717, 1.165) is 25.3 Å². The Morgan fingerprint density at radius 2 is 2.04 bits per heavy atom. The van der Waals surface area contributed by atoms with Gasteiger partial charge in [0.25, 0.3) is 5.56 Å². The average molecular weight is 389 g/mol. The molecule has 1 saturated carbocycles. The van der Waals surface area contributed by atoms with Crippen LogP contribution in [0.25, 0.3) is 10.9 Å². The van der Waals surface area contributed by atoms with Crippen LogP contribution in [-0.2, 0) is 0 Å². The van der Waals surface area contributed by atoms with E-state index in [9.17, 15) is 14.7 Å². The molecule has 0 spiro atoms. The van der Waals surface area contributed by atoms with Gasteiger partial charge in [-0.2, -0.15) is 0 Å². The number of amides is 1. The van der Waals surface area contributed by atoms with E-state index in [-0.39, 0.29) is 29.3 Å². The van der Waals surface area contributed by atoms with Crippen LogP contribution in [0.5, 0.6) is 5.75 Å². The number of rotatable bonds is 4. The third-order valence-corrected chi connectivity index (χ3v) is 5.99. The van der Waals surface area contributed by atoms with Crippen LogP contribution in [0, 0.1) is 18.7 Å². The molecule has 2 aromatic rings. The maximum absolute atomic E-state index is 15.0. The second-order valence-corrected chi connectivity index (χ2v) is 7.93. The quantitative estimate of drug-likeness (QED) is 0.747. The van der Waals surface area contributed by atoms with E-state index in [2.05, 4.69) is 5.32 Å². The summed E-state index contributed by atoms with van der Waals surface area (Å²) in [6, 6.07) is 2.32. The van der Waals surface area contributed by atoms with Crippen LogP contribution < -0.4 is 15.8 Å². The lowest BCUT2D eigenvalue weighted by Gasteiger charge is -2.25. The second kappa shape index (κ2) is 6.68. The highest BCUT2D eigenvalue weighted by Gasteiger charge is 2.33. The van der Waals surface area contributed by atoms with Gasteiger partial charge in [-0.1, -0.05) is 0 Å². The molecule has 1 saturated heterocycles. The van der Waals surface area contributed by atoms with Gasteiger partial charge in [-0.05, 0) is 50.7 Å². The molecule has 28 heavy (non-hydrogen) atoms. The standard InChI is InChI=1S/C20H24FN3O4/c1-10-18-14(16(25)8-17(26)24(18)13-3-4-13)7-15(21)19(10)23-6-5-12(9-23)11(2)22-20(27)28/h7-8,11-13,22,25H,3-6,9H2,1-2H3,(H,27,28)/t11-,12+/m0/s1. The molecule has 4 rings (SSSR count). The number of benzene rings is 1. The highest BCUT2D eigenvalue weighted by atomic mass is 19.1. The van der Waals surface area contributed by atoms with Gasteiger partial charge in [0.1, 0.15) is 11.6 Å². The first-order valence-corrected chi connectivity index (χ1v) is 9.59. The van der Waals surface area contributed by atoms with E-state index < -0.39 is 11.9 Å². The molecule has 3 N–H and O–H groups in total. The van der Waals surface area contributed by atoms with Crippen LogP contribution >= 0.6 is 0 Å². The molecule has 2 fully saturated rings. The van der Waals surface area contributed by atoms with Gasteiger partial charge in [0.05, 0.1) is 11.2 Å². The van der Waals surface area contributed by atoms with Gasteiger partial charge < -0.3 is 25.0 Å². The maximum atomic E-state index is 15.0. The molecular weight excluding hydrogens is 365 g/mol. The molecular formula is C20H24FN3O4. The first-order valence-electron chi connectivity index (χ1n) is 9.59. The molecule has 2 aliphatic rings. The van der Waals surface area contributed by atoms with Gasteiger partial charge in [-0.15, -0.1) is 0 Å². The number of nitrogens with one attached hydrogen (secondary N) is 1. The van der Waals surface area contributed by atoms with Crippen molar-refractivity contribution < 1.29 is 19.4 Å². The summed E-state index contributed by atoms with van der Waals surface area (Å²) in [6.45, 7) is 4.72. The zero-order chi connectivity index (χ0) is 20.2. The summed E-state index contributed by atoms with van der Waals surface area (Å²) >= 11 is 0. The van der Waals surface area contributed by atoms with Crippen molar-refractivity contribution in [2.75, 3.05) is 18.0 Å². The number of carboxylic acid groups (broad SMARTS) is 1. The molecule has 8 heteroatoms. The predicted molar refractivity (Wildman–Crippen MR) is 104 cm³/mol. The number of fused-ring (bicyclic) bond motifs is 1. The van der Waals surface area contributed by atoms with E-state index in [4.69, 9.17) is 5.11 Å². The number of aryl methyl sites for hydroxylation is 1. The zero-order valence-electron chi connectivity index (χ0n) is 15.9. The number of nitrogens with zero attached hydrogens (tertiary/aromatic N) is 2. The van der Waals surface area contributed by atoms with Crippen molar-refractivity contribution in [2.24, 2.45) is 5.92 Å². The van der Waals surface area contributed by atoms with Crippen LogP contribution in [0.15, 0.2) is 16.9 Å². The van der Waals surface area contributed by atoms with Crippen LogP contribution in [0.4, 0.5) is 14.9 Å². The van der Waals surface area contributed by atoms with Crippen LogP contribution in [0.3, 0.4) is 0 Å². The van der Waals surface area contributed by atoms with Crippen molar-refractivity contribution in [3.63, 3.8) is 0 Å². The summed E-state index contributed by atoms with van der Waals surface area (Å²) in [5, 5.41) is 22.0. The summed E-state index contributed by atoms with van der Waals surface area (Å²) < 4.78 is 16.7. The first-order chi connectivity index (χ1) is 13.3. The topological polar surface area (TPSA) is 94.8 Å². The Hall–Kier alpha value is -2.77. The molecule has 2 heterocycles. The minimum Gasteiger partial charge on any atom is -0.507 e. The molecule has 1 aliphatic carbocycles. The molecule has 7 nitrogen and oxygen atoms in total. The lowest BCUT2D eigenvalue weighted by molar-refractivity contribution is 0.186. The van der Waals surface area contributed by atoms with Gasteiger partial charge in [0.2, 0.25) is 0 Å². The molecule has 2 atom stereocenters. The molecule has 1 aromatic carbocycles. The summed E-state index contributed by atoms with van der Waals surface area (Å²) in [4.78, 5) is 25.3. The van der Waals surface area contributed by atoms with Crippen molar-refractivity contribution >= 4 is 22.7 Å². The van der Waals surface area contributed by atoms with Crippen molar-refractivity contribution in [1.82, 2.24) is 9.88 Å². The van der Waals surface area contributed by atoms with E-state index in [1.165, 1.54) is 6.07 Å². The average Bonchev–Trinajstić information content (AvgIpc) is 3.32. The third-order valence-electron chi connectivity index (χ3n) is 5.99. The highest BCUT2D eigenvalue weighted by Crippen LogP contribution is 2.41. The number of carbonyl (C=O) groups is 1. The van der Waals surface area contributed by atoms with Gasteiger partial charge in [-0.3, -0.25) is 4.79 Å². The van der Waals surface area contributed by atoms with E-state index >= 15 is 4.39 Å². The fraction of sp³-hybridized carbons (Fsp3) is 0.500. The van der Waals surface area contributed by atoms with Crippen molar-refractivity contribution in [2.45, 2.75) is 45.2 Å². The van der Waals surface area contributed by atoms with E-state index in [1.54, 1.807) is 11.5 Å². The Balaban J connectivity index is 1.77. The van der Waals surface area contributed by atoms with Gasteiger partial charge >= 0.3 is 6.09 Å². The van der Waals surface area contributed by atoms with Crippen LogP contribution in [0.2, 0.25) is 0 Å². The molecule has 0 radical (unpaired) electrons. The monoisotopic (exact) mass is 389 g/mol. The Morgan fingerprint density at radius 3 is 2.68 bits per heavy atom. The van der Waals surface area contributed by atoms with Crippen LogP contribution in [0.1, 0.15) is 37.8 Å². The summed E-state index contributed by atoms with van der Waals surface area (Å²) in [7, 11) is 0. The number of halogens is 1. The lowest BCUT2D eigenvalue weighted by Crippen LogP contribution is -2.38. The van der Waals surface area contributed by atoms with Gasteiger partial charge in [0.15, 0.2) is 0 Å². The summed E-state index contributed by atoms with van der Waals surface area (Å²) in [5.41, 5.74) is 1.38. The third kappa shape index (κ3) is 3.06. The molecule has 150 valence electrons. The van der Waals surface area contributed by atoms with E-state index in [1.807, 2.05) is 11.8 Å². The van der Waals surface area contributed by atoms with Crippen LogP contribution in [-0.4, -0.2) is 40.0 Å². The number of anilines is 1. The SMILES string of the molecule is Cc1c(N2CC[C@@H]([C@H](C)NC(=O)O)C2)c(F)cc2c(O)cc(=O)n(C3CC3)c12. The first kappa shape index (κ1) is 18.6. The smallest absolute Gasteiger partial charge is 0.404 e. The fourth-order valence-corrected chi connectivity index (χ4v) is 4.43. The molecule has 0 bridgehead atoms. The number of hydrogen-bond donors (Lipinski definition) is 3. The fourth-order valence-electron chi connectivity index (χ4n) is 4.43. The Morgan fingerprint density at radius 1 is 1.32 bits per heavy atom. The Kier molecular flexibility index (Phi) is 4.44. The molecule has 1 aromatic heterocycles. The van der Waals surface area contributed by atoms with Gasteiger partial charge in [-0.25, -0.2) is 9.18 Å². The number of pyridine rings is 1. The summed E-state index contributed by atoms with van der Waals surface area (Å²) in [6.07, 6.45) is 1.47. The van der Waals surface area contributed by atoms with Crippen molar-refractivity contribution in [3.05, 3.63) is 33.9 Å². The summed E-state index contributed by atoms with van der Waals surface area (Å²) in [5.74, 6) is -0.579. The minimum atomic E-state index is -1.07. The zero-order valence-corrected chi connectivity index (χ0v) is 15.9. The number of hydrogen-bond acceptors (Lipinski definition) is 4. The van der Waals surface area contributed by atoms with Crippen molar-refractivity contribution in [3.8, 4) is 5.75 Å². The second-order valence-electron chi connectivity index (χ2n) is 7.93. The molecule has 1 amide bonds. The predicted octanol–water partition coefficient (Wildman–Crippen LogP) is 2.97. The lowest BCUT2D eigenvalue weighted by atomic mass is 10.0. The molecule has 0 unspecified atom stereocenters. The largest absolute Gasteiger partial charge is 0.507 e. The Bertz CT molecular complexity index is 1010. The Labute approximate surface area is 161 Å². The maximum Gasteiger partial charge on any atom is 0.404 e. The minimum absolute atomic E-state index is 0.0698. The highest BCUT2D eigenvalue weighted by molar-refractivity contribution is 5.92. The van der Waals surface area contributed by atoms with E-state index in [0.29, 0.717) is 35.2 Å². The molecule has 1 aliphatic heterocycles. The van der Waals surface area contributed by atoms with Crippen molar-refractivity contribution in [1.29, 1.82) is 0 Å². The number of aromatic hydroxyl groups is 1. The van der Waals surface area contributed by atoms with Gasteiger partial charge in [0, 0.05) is 36.6 Å². The normalized spacial score (nSPS) is 20.5.